The molecule has 1 rings (SSSR count). The van der Waals surface area contributed by atoms with Crippen LogP contribution in [-0.4, -0.2) is 16.3 Å². The first-order valence-corrected chi connectivity index (χ1v) is 3.63. The molecule has 1 aromatic heterocycles. The predicted molar refractivity (Wildman–Crippen MR) is 45.0 cm³/mol. The van der Waals surface area contributed by atoms with E-state index in [-0.39, 0.29) is 10.4 Å². The van der Waals surface area contributed by atoms with Gasteiger partial charge in [0.05, 0.1) is 5.56 Å². The topological polar surface area (TPSA) is 42.9 Å². The first-order chi connectivity index (χ1) is 5.74. The van der Waals surface area contributed by atoms with E-state index < -0.39 is 0 Å². The highest BCUT2D eigenvalue weighted by atomic mass is 35.5. The fourth-order valence-electron chi connectivity index (χ4n) is 0.532. The van der Waals surface area contributed by atoms with Gasteiger partial charge in [0.25, 0.3) is 0 Å². The molecule has 0 saturated heterocycles. The van der Waals surface area contributed by atoms with E-state index in [1.54, 1.807) is 0 Å². The Bertz CT molecular complexity index is 367. The number of carbonyl (C=O) groups is 1. The fourth-order valence-corrected chi connectivity index (χ4v) is 0.885. The van der Waals surface area contributed by atoms with Crippen molar-refractivity contribution in [2.24, 2.45) is 0 Å². The van der Waals surface area contributed by atoms with Crippen LogP contribution in [0.4, 0.5) is 0 Å². The first-order valence-electron chi connectivity index (χ1n) is 2.87. The quantitative estimate of drug-likeness (QED) is 0.275. The van der Waals surface area contributed by atoms with Crippen molar-refractivity contribution in [1.29, 1.82) is 0 Å². The lowest BCUT2D eigenvalue weighted by Gasteiger charge is -1.92. The Balaban J connectivity index is 3.09. The molecule has 0 aromatic carbocycles. The second kappa shape index (κ2) is 4.05. The molecule has 1 heterocycles. The zero-order valence-electron chi connectivity index (χ0n) is 5.71. The van der Waals surface area contributed by atoms with Gasteiger partial charge in [0.1, 0.15) is 5.15 Å². The highest BCUT2D eigenvalue weighted by Gasteiger charge is 1.99. The van der Waals surface area contributed by atoms with Crippen LogP contribution in [0.25, 0.3) is 0 Å². The Hall–Kier alpha value is -1.11. The van der Waals surface area contributed by atoms with Crippen LogP contribution in [-0.2, 0) is 4.79 Å². The Morgan fingerprint density at radius 2 is 2.25 bits per heavy atom. The molecule has 12 heavy (non-hydrogen) atoms. The minimum absolute atomic E-state index is 0.0525. The summed E-state index contributed by atoms with van der Waals surface area (Å²) in [5.74, 6) is 4.64. The molecule has 0 fully saturated rings. The third-order valence-corrected chi connectivity index (χ3v) is 1.45. The van der Waals surface area contributed by atoms with Gasteiger partial charge >= 0.3 is 0 Å². The van der Waals surface area contributed by atoms with Crippen molar-refractivity contribution in [2.75, 3.05) is 0 Å². The fraction of sp³-hybridized carbons (Fsp3) is 0. The summed E-state index contributed by atoms with van der Waals surface area (Å²) in [5.41, 5.74) is 0.383. The molecule has 0 saturated carbocycles. The van der Waals surface area contributed by atoms with Crippen molar-refractivity contribution >= 4 is 29.5 Å². The number of aromatic nitrogens is 2. The van der Waals surface area contributed by atoms with Gasteiger partial charge in [0.2, 0.25) is 5.28 Å². The van der Waals surface area contributed by atoms with Crippen molar-refractivity contribution < 1.29 is 4.79 Å². The second-order valence-electron chi connectivity index (χ2n) is 1.73. The van der Waals surface area contributed by atoms with Crippen LogP contribution in [0.1, 0.15) is 5.56 Å². The molecule has 0 bridgehead atoms. The molecule has 0 aliphatic carbocycles. The number of carbonyl (C=O) groups excluding carboxylic acids is 1. The molecule has 0 amide bonds. The van der Waals surface area contributed by atoms with Gasteiger partial charge in [-0.15, -0.1) is 0 Å². The highest BCUT2D eigenvalue weighted by Crippen LogP contribution is 2.12. The molecule has 0 aliphatic rings. The van der Waals surface area contributed by atoms with Crippen molar-refractivity contribution in [2.45, 2.75) is 0 Å². The lowest BCUT2D eigenvalue weighted by Crippen LogP contribution is -1.86. The summed E-state index contributed by atoms with van der Waals surface area (Å²) in [5, 5.41) is 0.195. The Labute approximate surface area is 78.7 Å². The smallest absolute Gasteiger partial charge is 0.223 e. The third kappa shape index (κ3) is 2.19. The maximum Gasteiger partial charge on any atom is 0.223 e. The van der Waals surface area contributed by atoms with E-state index in [1.807, 2.05) is 0 Å². The number of nitrogens with zero attached hydrogens (tertiary/aromatic N) is 2. The van der Waals surface area contributed by atoms with Crippen LogP contribution in [0, 0.1) is 11.8 Å². The van der Waals surface area contributed by atoms with Gasteiger partial charge in [-0.2, -0.15) is 0 Å². The molecule has 0 spiro atoms. The van der Waals surface area contributed by atoms with Crippen molar-refractivity contribution in [3.63, 3.8) is 0 Å². The van der Waals surface area contributed by atoms with Crippen LogP contribution in [0.3, 0.4) is 0 Å². The van der Waals surface area contributed by atoms with Gasteiger partial charge in [-0.3, -0.25) is 4.79 Å². The average molecular weight is 201 g/mol. The highest BCUT2D eigenvalue weighted by molar-refractivity contribution is 6.32. The minimum atomic E-state index is 0.0525. The molecule has 3 nitrogen and oxygen atoms in total. The van der Waals surface area contributed by atoms with Crippen LogP contribution in [0.2, 0.25) is 10.4 Å². The number of aldehydes is 1. The van der Waals surface area contributed by atoms with Gasteiger partial charge in [0.15, 0.2) is 6.29 Å². The molecule has 60 valence electrons. The zero-order chi connectivity index (χ0) is 8.97. The molecule has 0 radical (unpaired) electrons. The number of hydrogen-bond acceptors (Lipinski definition) is 3. The summed E-state index contributed by atoms with van der Waals surface area (Å²) in [6.07, 6.45) is 1.82. The van der Waals surface area contributed by atoms with Crippen LogP contribution in [0.15, 0.2) is 6.20 Å². The van der Waals surface area contributed by atoms with Crippen LogP contribution >= 0.6 is 23.2 Å². The monoisotopic (exact) mass is 200 g/mol. The Morgan fingerprint density at radius 3 is 2.83 bits per heavy atom. The standard InChI is InChI=1S/C7H2Cl2N2O/c8-6-5(2-1-3-12)4-10-7(9)11-6/h3-4H. The van der Waals surface area contributed by atoms with E-state index in [1.165, 1.54) is 6.20 Å². The lowest BCUT2D eigenvalue weighted by molar-refractivity contribution is -0.103. The molecule has 0 N–H and O–H groups in total. The van der Waals surface area contributed by atoms with Crippen molar-refractivity contribution in [3.8, 4) is 11.8 Å². The van der Waals surface area contributed by atoms with Crippen LogP contribution < -0.4 is 0 Å². The lowest BCUT2D eigenvalue weighted by atomic mass is 10.3. The maximum atomic E-state index is 9.87. The van der Waals surface area contributed by atoms with E-state index >= 15 is 0 Å². The van der Waals surface area contributed by atoms with Gasteiger partial charge in [-0.05, 0) is 17.5 Å². The van der Waals surface area contributed by atoms with E-state index in [2.05, 4.69) is 21.8 Å². The summed E-state index contributed by atoms with van der Waals surface area (Å²) >= 11 is 11.0. The number of rotatable bonds is 0. The summed E-state index contributed by atoms with van der Waals surface area (Å²) in [6, 6.07) is 0. The Kier molecular flexibility index (Phi) is 3.03. The molecule has 0 atom stereocenters. The third-order valence-electron chi connectivity index (χ3n) is 0.979. The summed E-state index contributed by atoms with van der Waals surface area (Å²) in [4.78, 5) is 17.1. The zero-order valence-corrected chi connectivity index (χ0v) is 7.23. The van der Waals surface area contributed by atoms with E-state index in [4.69, 9.17) is 23.2 Å². The predicted octanol–water partition coefficient (Wildman–Crippen LogP) is 1.33. The largest absolute Gasteiger partial charge is 0.289 e. The van der Waals surface area contributed by atoms with Gasteiger partial charge < -0.3 is 0 Å². The van der Waals surface area contributed by atoms with E-state index in [0.29, 0.717) is 11.8 Å². The van der Waals surface area contributed by atoms with E-state index in [9.17, 15) is 4.79 Å². The number of hydrogen-bond donors (Lipinski definition) is 0. The van der Waals surface area contributed by atoms with Crippen LogP contribution in [0.5, 0.6) is 0 Å². The van der Waals surface area contributed by atoms with Gasteiger partial charge in [-0.25, -0.2) is 9.97 Å². The molecule has 1 aromatic rings. The number of halogens is 2. The molecule has 0 unspecified atom stereocenters. The summed E-state index contributed by atoms with van der Waals surface area (Å²) < 4.78 is 0. The normalized spacial score (nSPS) is 8.50. The van der Waals surface area contributed by atoms with Gasteiger partial charge in [0, 0.05) is 6.20 Å². The second-order valence-corrected chi connectivity index (χ2v) is 2.43. The Morgan fingerprint density at radius 1 is 1.50 bits per heavy atom. The summed E-state index contributed by atoms with van der Waals surface area (Å²) in [7, 11) is 0. The van der Waals surface area contributed by atoms with Crippen molar-refractivity contribution in [3.05, 3.63) is 22.2 Å². The van der Waals surface area contributed by atoms with Gasteiger partial charge in [-0.1, -0.05) is 17.5 Å². The summed E-state index contributed by atoms with van der Waals surface area (Å²) in [6.45, 7) is 0. The molecule has 5 heteroatoms. The molecular weight excluding hydrogens is 199 g/mol. The minimum Gasteiger partial charge on any atom is -0.289 e. The van der Waals surface area contributed by atoms with Crippen molar-refractivity contribution in [1.82, 2.24) is 9.97 Å². The SMILES string of the molecule is O=CC#Cc1cnc(Cl)nc1Cl. The average Bonchev–Trinajstić information content (AvgIpc) is 2.03. The molecular formula is C7H2Cl2N2O. The first kappa shape index (κ1) is 8.98. The van der Waals surface area contributed by atoms with E-state index in [0.717, 1.165) is 0 Å². The maximum absolute atomic E-state index is 9.87. The molecule has 0 aliphatic heterocycles.